The Hall–Kier alpha value is -3.29. The molecule has 0 radical (unpaired) electrons. The fourth-order valence-electron chi connectivity index (χ4n) is 3.98. The van der Waals surface area contributed by atoms with Crippen LogP contribution in [0.4, 0.5) is 5.95 Å². The number of nitrogens with two attached hydrogens (primary N) is 1. The molecule has 0 aliphatic carbocycles. The number of benzene rings is 1. The van der Waals surface area contributed by atoms with E-state index in [1.807, 2.05) is 42.2 Å². The van der Waals surface area contributed by atoms with Crippen LogP contribution in [0.3, 0.4) is 0 Å². The third kappa shape index (κ3) is 3.70. The van der Waals surface area contributed by atoms with Gasteiger partial charge in [-0.1, -0.05) is 44.2 Å². The second kappa shape index (κ2) is 7.62. The lowest BCUT2D eigenvalue weighted by Crippen LogP contribution is -2.42. The number of amides is 1. The van der Waals surface area contributed by atoms with Crippen LogP contribution in [0.1, 0.15) is 48.3 Å². The van der Waals surface area contributed by atoms with Gasteiger partial charge in [-0.05, 0) is 19.3 Å². The average molecular weight is 391 g/mol. The Balaban J connectivity index is 1.71. The van der Waals surface area contributed by atoms with Crippen molar-refractivity contribution in [3.8, 4) is 11.3 Å². The van der Waals surface area contributed by atoms with E-state index in [0.717, 1.165) is 23.6 Å². The van der Waals surface area contributed by atoms with Crippen molar-refractivity contribution in [1.29, 1.82) is 0 Å². The Morgan fingerprint density at radius 3 is 2.72 bits per heavy atom. The highest BCUT2D eigenvalue weighted by Gasteiger charge is 2.32. The summed E-state index contributed by atoms with van der Waals surface area (Å²) in [7, 11) is 0. The van der Waals surface area contributed by atoms with Gasteiger partial charge in [0, 0.05) is 18.3 Å². The van der Waals surface area contributed by atoms with Crippen molar-refractivity contribution in [2.24, 2.45) is 5.92 Å². The Morgan fingerprint density at radius 1 is 1.24 bits per heavy atom. The molecule has 2 aromatic heterocycles. The van der Waals surface area contributed by atoms with Crippen LogP contribution in [0.15, 0.2) is 36.5 Å². The zero-order valence-electron chi connectivity index (χ0n) is 16.9. The minimum Gasteiger partial charge on any atom is -0.368 e. The molecule has 0 bridgehead atoms. The summed E-state index contributed by atoms with van der Waals surface area (Å²) in [5, 5.41) is 8.54. The molecule has 0 saturated heterocycles. The number of nitrogen functional groups attached to an aromatic ring is 1. The van der Waals surface area contributed by atoms with Gasteiger partial charge in [0.1, 0.15) is 5.82 Å². The molecule has 0 unspecified atom stereocenters. The molecule has 1 amide bonds. The Bertz CT molecular complexity index is 1030. The van der Waals surface area contributed by atoms with Crippen LogP contribution in [-0.4, -0.2) is 42.1 Å². The van der Waals surface area contributed by atoms with Crippen LogP contribution in [0.2, 0.25) is 0 Å². The lowest BCUT2D eigenvalue weighted by molar-refractivity contribution is 0.0660. The average Bonchev–Trinajstić information content (AvgIpc) is 3.09. The quantitative estimate of drug-likeness (QED) is 0.733. The summed E-state index contributed by atoms with van der Waals surface area (Å²) in [5.74, 6) is 2.21. The standard InChI is InChI=1S/C21H25N7O/c1-13(2)9-16-11-27(12-18-26-25-14(3)28(16)18)20(29)17-10-23-21(22)24-19(17)15-7-5-4-6-8-15/h4-8,10,13,16H,9,11-12H2,1-3H3,(H2,22,23,24)/t16-/m0/s1. The van der Waals surface area contributed by atoms with Gasteiger partial charge in [-0.15, -0.1) is 10.2 Å². The molecule has 1 aliphatic heterocycles. The molecule has 2 N–H and O–H groups in total. The van der Waals surface area contributed by atoms with Gasteiger partial charge in [0.2, 0.25) is 5.95 Å². The van der Waals surface area contributed by atoms with Gasteiger partial charge in [0.25, 0.3) is 5.91 Å². The molecule has 3 aromatic rings. The Labute approximate surface area is 169 Å². The van der Waals surface area contributed by atoms with Crippen LogP contribution < -0.4 is 5.73 Å². The van der Waals surface area contributed by atoms with Crippen LogP contribution >= 0.6 is 0 Å². The number of carbonyl (C=O) groups excluding carboxylic acids is 1. The lowest BCUT2D eigenvalue weighted by Gasteiger charge is -2.35. The third-order valence-corrected chi connectivity index (χ3v) is 5.18. The molecule has 1 aromatic carbocycles. The zero-order valence-corrected chi connectivity index (χ0v) is 16.9. The summed E-state index contributed by atoms with van der Waals surface area (Å²) in [4.78, 5) is 23.8. The fraction of sp³-hybridized carbons (Fsp3) is 0.381. The van der Waals surface area contributed by atoms with Crippen molar-refractivity contribution >= 4 is 11.9 Å². The van der Waals surface area contributed by atoms with Crippen LogP contribution in [0.5, 0.6) is 0 Å². The van der Waals surface area contributed by atoms with Crippen LogP contribution in [0.25, 0.3) is 11.3 Å². The van der Waals surface area contributed by atoms with Gasteiger partial charge in [0.15, 0.2) is 5.82 Å². The van der Waals surface area contributed by atoms with Gasteiger partial charge in [-0.2, -0.15) is 0 Å². The summed E-state index contributed by atoms with van der Waals surface area (Å²) in [6.07, 6.45) is 2.47. The number of aromatic nitrogens is 5. The molecule has 8 heteroatoms. The van der Waals surface area contributed by atoms with Crippen LogP contribution in [0, 0.1) is 12.8 Å². The smallest absolute Gasteiger partial charge is 0.258 e. The van der Waals surface area contributed by atoms with Gasteiger partial charge >= 0.3 is 0 Å². The predicted molar refractivity (Wildman–Crippen MR) is 110 cm³/mol. The highest BCUT2D eigenvalue weighted by molar-refractivity contribution is 5.99. The van der Waals surface area contributed by atoms with Gasteiger partial charge in [-0.25, -0.2) is 9.97 Å². The summed E-state index contributed by atoms with van der Waals surface area (Å²) in [6, 6.07) is 9.71. The molecule has 8 nitrogen and oxygen atoms in total. The molecule has 1 atom stereocenters. The van der Waals surface area contributed by atoms with E-state index >= 15 is 0 Å². The fourth-order valence-corrected chi connectivity index (χ4v) is 3.98. The van der Waals surface area contributed by atoms with Gasteiger partial charge < -0.3 is 15.2 Å². The van der Waals surface area contributed by atoms with Crippen LogP contribution in [-0.2, 0) is 6.54 Å². The summed E-state index contributed by atoms with van der Waals surface area (Å²) < 4.78 is 2.17. The number of fused-ring (bicyclic) bond motifs is 1. The van der Waals surface area contributed by atoms with E-state index in [4.69, 9.17) is 5.73 Å². The minimum atomic E-state index is -0.121. The molecular formula is C21H25N7O. The maximum atomic E-state index is 13.5. The van der Waals surface area contributed by atoms with Crippen molar-refractivity contribution in [1.82, 2.24) is 29.6 Å². The summed E-state index contributed by atoms with van der Waals surface area (Å²) >= 11 is 0. The first kappa shape index (κ1) is 19.0. The number of hydrogen-bond acceptors (Lipinski definition) is 6. The van der Waals surface area contributed by atoms with E-state index in [0.29, 0.717) is 30.3 Å². The van der Waals surface area contributed by atoms with E-state index in [1.54, 1.807) is 0 Å². The Kier molecular flexibility index (Phi) is 5.00. The molecule has 3 heterocycles. The van der Waals surface area contributed by atoms with E-state index in [9.17, 15) is 4.79 Å². The largest absolute Gasteiger partial charge is 0.368 e. The highest BCUT2D eigenvalue weighted by Crippen LogP contribution is 2.30. The second-order valence-corrected chi connectivity index (χ2v) is 7.86. The van der Waals surface area contributed by atoms with Crippen molar-refractivity contribution in [3.05, 3.63) is 53.7 Å². The Morgan fingerprint density at radius 2 is 2.00 bits per heavy atom. The van der Waals surface area contributed by atoms with Gasteiger partial charge in [-0.3, -0.25) is 4.79 Å². The topological polar surface area (TPSA) is 103 Å². The van der Waals surface area contributed by atoms with Crippen molar-refractivity contribution in [2.45, 2.75) is 39.8 Å². The van der Waals surface area contributed by atoms with E-state index in [1.165, 1.54) is 6.20 Å². The normalized spacial score (nSPS) is 16.1. The molecule has 0 spiro atoms. The molecule has 0 saturated carbocycles. The monoisotopic (exact) mass is 391 g/mol. The molecule has 150 valence electrons. The first-order chi connectivity index (χ1) is 13.9. The SMILES string of the molecule is Cc1nnc2n1[C@@H](CC(C)C)CN(C(=O)c1cnc(N)nc1-c1ccccc1)C2. The van der Waals surface area contributed by atoms with Gasteiger partial charge in [0.05, 0.1) is 23.8 Å². The molecule has 1 aliphatic rings. The lowest BCUT2D eigenvalue weighted by atomic mass is 10.00. The molecule has 4 rings (SSSR count). The van der Waals surface area contributed by atoms with E-state index in [-0.39, 0.29) is 17.9 Å². The molecule has 0 fully saturated rings. The maximum absolute atomic E-state index is 13.5. The first-order valence-corrected chi connectivity index (χ1v) is 9.81. The third-order valence-electron chi connectivity index (χ3n) is 5.18. The molecular weight excluding hydrogens is 366 g/mol. The second-order valence-electron chi connectivity index (χ2n) is 7.86. The first-order valence-electron chi connectivity index (χ1n) is 9.81. The van der Waals surface area contributed by atoms with E-state index in [2.05, 4.69) is 38.6 Å². The predicted octanol–water partition coefficient (Wildman–Crippen LogP) is 2.87. The maximum Gasteiger partial charge on any atom is 0.258 e. The molecule has 29 heavy (non-hydrogen) atoms. The van der Waals surface area contributed by atoms with Crippen molar-refractivity contribution < 1.29 is 4.79 Å². The summed E-state index contributed by atoms with van der Waals surface area (Å²) in [6.45, 7) is 7.33. The number of nitrogens with zero attached hydrogens (tertiary/aromatic N) is 6. The minimum absolute atomic E-state index is 0.121. The number of hydrogen-bond donors (Lipinski definition) is 1. The number of carbonyl (C=O) groups is 1. The number of rotatable bonds is 4. The van der Waals surface area contributed by atoms with Crippen molar-refractivity contribution in [3.63, 3.8) is 0 Å². The number of anilines is 1. The number of aryl methyl sites for hydroxylation is 1. The zero-order chi connectivity index (χ0) is 20.5. The van der Waals surface area contributed by atoms with E-state index < -0.39 is 0 Å². The summed E-state index contributed by atoms with van der Waals surface area (Å²) in [5.41, 5.74) is 7.64. The van der Waals surface area contributed by atoms with Crippen molar-refractivity contribution in [2.75, 3.05) is 12.3 Å². The highest BCUT2D eigenvalue weighted by atomic mass is 16.2.